The lowest BCUT2D eigenvalue weighted by atomic mass is 10.0. The molecule has 1 heterocycles. The highest BCUT2D eigenvalue weighted by atomic mass is 16.5. The van der Waals surface area contributed by atoms with E-state index in [1.54, 1.807) is 11.9 Å². The second-order valence-corrected chi connectivity index (χ2v) is 4.45. The first-order chi connectivity index (χ1) is 7.57. The average Bonchev–Trinajstić information content (AvgIpc) is 2.65. The van der Waals surface area contributed by atoms with Crippen molar-refractivity contribution in [2.24, 2.45) is 0 Å². The molecule has 0 aliphatic carbocycles. The molecule has 1 aliphatic heterocycles. The lowest BCUT2D eigenvalue weighted by Crippen LogP contribution is -2.46. The number of nitrogens with one attached hydrogen (secondary N) is 1. The van der Waals surface area contributed by atoms with Gasteiger partial charge < -0.3 is 20.1 Å². The van der Waals surface area contributed by atoms with E-state index in [9.17, 15) is 9.90 Å². The summed E-state index contributed by atoms with van der Waals surface area (Å²) in [5.41, 5.74) is -0.769. The molecule has 0 spiro atoms. The molecular weight excluding hydrogens is 208 g/mol. The van der Waals surface area contributed by atoms with Gasteiger partial charge in [-0.25, -0.2) is 0 Å². The molecule has 16 heavy (non-hydrogen) atoms. The topological polar surface area (TPSA) is 61.8 Å². The summed E-state index contributed by atoms with van der Waals surface area (Å²) in [5.74, 6) is -0.0752. The molecule has 0 bridgehead atoms. The molecule has 1 saturated heterocycles. The molecule has 2 N–H and O–H groups in total. The smallest absolute Gasteiger partial charge is 0.248 e. The highest BCUT2D eigenvalue weighted by molar-refractivity contribution is 5.77. The molecule has 1 atom stereocenters. The zero-order valence-electron chi connectivity index (χ0n) is 10.2. The number of aliphatic hydroxyl groups is 1. The van der Waals surface area contributed by atoms with Crippen molar-refractivity contribution in [2.45, 2.75) is 25.4 Å². The Hall–Kier alpha value is -0.650. The first-order valence-electron chi connectivity index (χ1n) is 5.82. The van der Waals surface area contributed by atoms with Gasteiger partial charge in [0.05, 0.1) is 12.1 Å². The van der Waals surface area contributed by atoms with Crippen molar-refractivity contribution in [1.82, 2.24) is 10.2 Å². The minimum absolute atomic E-state index is 0.0752. The molecule has 0 aromatic heterocycles. The largest absolute Gasteiger partial charge is 0.387 e. The van der Waals surface area contributed by atoms with Gasteiger partial charge in [-0.3, -0.25) is 4.79 Å². The van der Waals surface area contributed by atoms with Gasteiger partial charge in [-0.15, -0.1) is 0 Å². The molecule has 1 unspecified atom stereocenters. The molecule has 0 aromatic rings. The van der Waals surface area contributed by atoms with Gasteiger partial charge in [0.25, 0.3) is 0 Å². The van der Waals surface area contributed by atoms with Crippen LogP contribution in [0.3, 0.4) is 0 Å². The minimum atomic E-state index is -0.769. The number of amides is 1. The molecule has 5 heteroatoms. The van der Waals surface area contributed by atoms with Crippen molar-refractivity contribution in [3.05, 3.63) is 0 Å². The van der Waals surface area contributed by atoms with E-state index >= 15 is 0 Å². The predicted octanol–water partition coefficient (Wildman–Crippen LogP) is -0.404. The zero-order chi connectivity index (χ0) is 12.0. The van der Waals surface area contributed by atoms with E-state index in [1.807, 2.05) is 6.92 Å². The molecule has 0 aromatic carbocycles. The quantitative estimate of drug-likeness (QED) is 0.609. The Labute approximate surface area is 96.8 Å². The number of hydrogen-bond acceptors (Lipinski definition) is 4. The van der Waals surface area contributed by atoms with E-state index in [0.29, 0.717) is 26.1 Å². The lowest BCUT2D eigenvalue weighted by Gasteiger charge is -2.27. The van der Waals surface area contributed by atoms with Gasteiger partial charge >= 0.3 is 0 Å². The summed E-state index contributed by atoms with van der Waals surface area (Å²) >= 11 is 0. The summed E-state index contributed by atoms with van der Waals surface area (Å²) in [6.07, 6.45) is 1.60. The second kappa shape index (κ2) is 6.18. The molecule has 94 valence electrons. The molecule has 0 saturated carbocycles. The Bertz CT molecular complexity index is 227. The Morgan fingerprint density at radius 3 is 2.94 bits per heavy atom. The van der Waals surface area contributed by atoms with Crippen LogP contribution in [0, 0.1) is 0 Å². The van der Waals surface area contributed by atoms with Crippen molar-refractivity contribution < 1.29 is 14.6 Å². The molecule has 5 nitrogen and oxygen atoms in total. The van der Waals surface area contributed by atoms with Crippen LogP contribution >= 0.6 is 0 Å². The Balaban J connectivity index is 2.27. The molecule has 0 radical (unpaired) electrons. The average molecular weight is 230 g/mol. The van der Waals surface area contributed by atoms with Crippen LogP contribution < -0.4 is 5.32 Å². The minimum Gasteiger partial charge on any atom is -0.387 e. The fraction of sp³-hybridized carbons (Fsp3) is 0.909. The fourth-order valence-electron chi connectivity index (χ4n) is 1.81. The van der Waals surface area contributed by atoms with E-state index in [4.69, 9.17) is 4.74 Å². The van der Waals surface area contributed by atoms with Crippen LogP contribution in [-0.2, 0) is 9.53 Å². The molecule has 1 amide bonds. The van der Waals surface area contributed by atoms with Gasteiger partial charge in [0.1, 0.15) is 6.61 Å². The number of hydrogen-bond donors (Lipinski definition) is 2. The van der Waals surface area contributed by atoms with Gasteiger partial charge in [-0.05, 0) is 19.4 Å². The number of carbonyl (C=O) groups is 1. The number of carbonyl (C=O) groups excluding carboxylic acids is 1. The Morgan fingerprint density at radius 2 is 2.38 bits per heavy atom. The van der Waals surface area contributed by atoms with Crippen molar-refractivity contribution >= 4 is 5.91 Å². The lowest BCUT2D eigenvalue weighted by molar-refractivity contribution is -0.137. The van der Waals surface area contributed by atoms with E-state index in [0.717, 1.165) is 13.0 Å². The van der Waals surface area contributed by atoms with E-state index in [-0.39, 0.29) is 12.5 Å². The Morgan fingerprint density at radius 1 is 1.62 bits per heavy atom. The number of β-amino-alcohol motifs (C(OH)–C–C–N with tert-alkyl or cyclic N) is 1. The van der Waals surface area contributed by atoms with Crippen LogP contribution in [0.5, 0.6) is 0 Å². The van der Waals surface area contributed by atoms with E-state index in [2.05, 4.69) is 5.32 Å². The van der Waals surface area contributed by atoms with Crippen LogP contribution in [0.25, 0.3) is 0 Å². The van der Waals surface area contributed by atoms with Crippen LogP contribution in [0.4, 0.5) is 0 Å². The summed E-state index contributed by atoms with van der Waals surface area (Å²) in [5, 5.41) is 13.2. The highest BCUT2D eigenvalue weighted by Gasteiger charge is 2.33. The van der Waals surface area contributed by atoms with Gasteiger partial charge in [0, 0.05) is 20.2 Å². The normalized spacial score (nSPS) is 24.7. The summed E-state index contributed by atoms with van der Waals surface area (Å²) in [6, 6.07) is 0. The van der Waals surface area contributed by atoms with Crippen LogP contribution in [-0.4, -0.2) is 61.4 Å². The van der Waals surface area contributed by atoms with Crippen LogP contribution in [0.2, 0.25) is 0 Å². The van der Waals surface area contributed by atoms with Crippen LogP contribution in [0.1, 0.15) is 19.8 Å². The van der Waals surface area contributed by atoms with Gasteiger partial charge in [-0.1, -0.05) is 6.92 Å². The van der Waals surface area contributed by atoms with Crippen LogP contribution in [0.15, 0.2) is 0 Å². The molecular formula is C11H22N2O3. The number of ether oxygens (including phenoxy) is 1. The molecule has 1 aliphatic rings. The highest BCUT2D eigenvalue weighted by Crippen LogP contribution is 2.15. The zero-order valence-corrected chi connectivity index (χ0v) is 10.2. The number of likely N-dealkylation sites (N-methyl/N-ethyl adjacent to an activating group) is 1. The third-order valence-electron chi connectivity index (χ3n) is 2.75. The van der Waals surface area contributed by atoms with Crippen molar-refractivity contribution in [3.8, 4) is 0 Å². The molecule has 1 fully saturated rings. The summed E-state index contributed by atoms with van der Waals surface area (Å²) in [4.78, 5) is 13.2. The van der Waals surface area contributed by atoms with Crippen molar-refractivity contribution in [1.29, 1.82) is 0 Å². The van der Waals surface area contributed by atoms with E-state index < -0.39 is 5.60 Å². The third kappa shape index (κ3) is 4.08. The number of nitrogens with zero attached hydrogens (tertiary/aromatic N) is 1. The fourth-order valence-corrected chi connectivity index (χ4v) is 1.81. The maximum atomic E-state index is 11.6. The first kappa shape index (κ1) is 13.4. The predicted molar refractivity (Wildman–Crippen MR) is 61.2 cm³/mol. The van der Waals surface area contributed by atoms with Gasteiger partial charge in [0.15, 0.2) is 0 Å². The maximum absolute atomic E-state index is 11.6. The van der Waals surface area contributed by atoms with Crippen molar-refractivity contribution in [2.75, 3.05) is 39.9 Å². The summed E-state index contributed by atoms with van der Waals surface area (Å²) in [6.45, 7) is 4.44. The van der Waals surface area contributed by atoms with Crippen molar-refractivity contribution in [3.63, 3.8) is 0 Å². The van der Waals surface area contributed by atoms with E-state index in [1.165, 1.54) is 0 Å². The summed E-state index contributed by atoms with van der Waals surface area (Å²) < 4.78 is 5.17. The monoisotopic (exact) mass is 230 g/mol. The first-order valence-corrected chi connectivity index (χ1v) is 5.82. The third-order valence-corrected chi connectivity index (χ3v) is 2.75. The second-order valence-electron chi connectivity index (χ2n) is 4.45. The SMILES string of the molecule is CCCOCC(=O)N(C)CC1(O)CCNC1. The van der Waals surface area contributed by atoms with Gasteiger partial charge in [-0.2, -0.15) is 0 Å². The van der Waals surface area contributed by atoms with Gasteiger partial charge in [0.2, 0.25) is 5.91 Å². The maximum Gasteiger partial charge on any atom is 0.248 e. The standard InChI is InChI=1S/C11H22N2O3/c1-3-6-16-7-10(14)13(2)9-11(15)4-5-12-8-11/h12,15H,3-9H2,1-2H3. The molecule has 1 rings (SSSR count). The Kier molecular flexibility index (Phi) is 5.18. The number of rotatable bonds is 6. The summed E-state index contributed by atoms with van der Waals surface area (Å²) in [7, 11) is 1.70.